The van der Waals surface area contributed by atoms with Crippen molar-refractivity contribution in [1.29, 1.82) is 0 Å². The molecule has 2 aromatic rings. The van der Waals surface area contributed by atoms with Gasteiger partial charge in [-0.2, -0.15) is 0 Å². The monoisotopic (exact) mass is 306 g/mol. The first-order valence-corrected chi connectivity index (χ1v) is 7.47. The van der Waals surface area contributed by atoms with Gasteiger partial charge in [0.25, 0.3) is 0 Å². The number of hydrogen-bond donors (Lipinski definition) is 1. The van der Waals surface area contributed by atoms with Crippen LogP contribution in [0.4, 0.5) is 5.69 Å². The Kier molecular flexibility index (Phi) is 4.80. The standard InChI is InChI=1S/C15H18N2O3S/c1-4-20-14(18)15(2,13-16-8-9-21-13)17-11-6-5-7-12(10-11)19-3/h5-10,17H,4H2,1-3H3. The molecule has 0 spiro atoms. The van der Waals surface area contributed by atoms with Crippen molar-refractivity contribution in [1.82, 2.24) is 4.98 Å². The summed E-state index contributed by atoms with van der Waals surface area (Å²) in [7, 11) is 1.60. The van der Waals surface area contributed by atoms with Crippen LogP contribution in [0.15, 0.2) is 35.8 Å². The van der Waals surface area contributed by atoms with Gasteiger partial charge in [0, 0.05) is 23.3 Å². The molecule has 112 valence electrons. The molecule has 1 N–H and O–H groups in total. The molecule has 21 heavy (non-hydrogen) atoms. The first kappa shape index (κ1) is 15.3. The number of ether oxygens (including phenoxy) is 2. The predicted octanol–water partition coefficient (Wildman–Crippen LogP) is 3.04. The number of thiazole rings is 1. The van der Waals surface area contributed by atoms with E-state index in [-0.39, 0.29) is 5.97 Å². The van der Waals surface area contributed by atoms with E-state index in [4.69, 9.17) is 9.47 Å². The Labute approximate surface area is 127 Å². The highest BCUT2D eigenvalue weighted by atomic mass is 32.1. The fourth-order valence-corrected chi connectivity index (χ4v) is 2.67. The van der Waals surface area contributed by atoms with E-state index < -0.39 is 5.54 Å². The average Bonchev–Trinajstić information content (AvgIpc) is 3.02. The third-order valence-electron chi connectivity index (χ3n) is 3.01. The van der Waals surface area contributed by atoms with Gasteiger partial charge < -0.3 is 14.8 Å². The first-order valence-electron chi connectivity index (χ1n) is 6.59. The van der Waals surface area contributed by atoms with Crippen LogP contribution in [0.5, 0.6) is 5.75 Å². The zero-order valence-corrected chi connectivity index (χ0v) is 13.1. The molecule has 1 heterocycles. The van der Waals surface area contributed by atoms with Gasteiger partial charge in [-0.05, 0) is 26.0 Å². The summed E-state index contributed by atoms with van der Waals surface area (Å²) in [6, 6.07) is 7.39. The molecule has 5 nitrogen and oxygen atoms in total. The highest BCUT2D eigenvalue weighted by Crippen LogP contribution is 2.30. The van der Waals surface area contributed by atoms with Crippen molar-refractivity contribution in [2.24, 2.45) is 0 Å². The lowest BCUT2D eigenvalue weighted by atomic mass is 10.0. The van der Waals surface area contributed by atoms with Crippen molar-refractivity contribution in [3.8, 4) is 5.75 Å². The molecule has 0 bridgehead atoms. The maximum absolute atomic E-state index is 12.4. The van der Waals surface area contributed by atoms with Crippen molar-refractivity contribution in [2.45, 2.75) is 19.4 Å². The van der Waals surface area contributed by atoms with Crippen LogP contribution in [-0.4, -0.2) is 24.7 Å². The van der Waals surface area contributed by atoms with E-state index in [2.05, 4.69) is 10.3 Å². The fraction of sp³-hybridized carbons (Fsp3) is 0.333. The largest absolute Gasteiger partial charge is 0.497 e. The third kappa shape index (κ3) is 3.33. The molecular formula is C15H18N2O3S. The van der Waals surface area contributed by atoms with Crippen molar-refractivity contribution >= 4 is 23.0 Å². The van der Waals surface area contributed by atoms with E-state index in [9.17, 15) is 4.79 Å². The maximum Gasteiger partial charge on any atom is 0.338 e. The van der Waals surface area contributed by atoms with E-state index in [0.29, 0.717) is 17.4 Å². The Hall–Kier alpha value is -2.08. The van der Waals surface area contributed by atoms with Gasteiger partial charge in [-0.1, -0.05) is 6.07 Å². The second-order valence-electron chi connectivity index (χ2n) is 4.54. The average molecular weight is 306 g/mol. The smallest absolute Gasteiger partial charge is 0.338 e. The molecule has 0 radical (unpaired) electrons. The summed E-state index contributed by atoms with van der Waals surface area (Å²) in [4.78, 5) is 16.6. The van der Waals surface area contributed by atoms with Crippen LogP contribution in [0.25, 0.3) is 0 Å². The number of anilines is 1. The first-order chi connectivity index (χ1) is 10.1. The molecule has 0 fully saturated rings. The summed E-state index contributed by atoms with van der Waals surface area (Å²) < 4.78 is 10.4. The van der Waals surface area contributed by atoms with Gasteiger partial charge in [-0.25, -0.2) is 9.78 Å². The number of hydrogen-bond acceptors (Lipinski definition) is 6. The van der Waals surface area contributed by atoms with Gasteiger partial charge in [0.1, 0.15) is 10.8 Å². The summed E-state index contributed by atoms with van der Waals surface area (Å²) in [5.41, 5.74) is -0.267. The van der Waals surface area contributed by atoms with Gasteiger partial charge in [0.15, 0.2) is 5.54 Å². The van der Waals surface area contributed by atoms with Crippen LogP contribution in [0.3, 0.4) is 0 Å². The zero-order chi connectivity index (χ0) is 15.3. The van der Waals surface area contributed by atoms with Gasteiger partial charge in [0.2, 0.25) is 0 Å². The quantitative estimate of drug-likeness (QED) is 0.831. The minimum absolute atomic E-state index is 0.319. The van der Waals surface area contributed by atoms with Gasteiger partial charge in [-0.15, -0.1) is 11.3 Å². The number of nitrogens with one attached hydrogen (secondary N) is 1. The second-order valence-corrected chi connectivity index (χ2v) is 5.43. The Morgan fingerprint density at radius 3 is 2.90 bits per heavy atom. The minimum atomic E-state index is -1.03. The summed E-state index contributed by atoms with van der Waals surface area (Å²) >= 11 is 1.41. The Balaban J connectivity index is 2.34. The number of esters is 1. The number of rotatable bonds is 6. The van der Waals surface area contributed by atoms with E-state index in [1.807, 2.05) is 29.6 Å². The lowest BCUT2D eigenvalue weighted by Crippen LogP contribution is -2.41. The molecule has 0 saturated heterocycles. The van der Waals surface area contributed by atoms with E-state index in [1.165, 1.54) is 11.3 Å². The molecule has 0 amide bonds. The van der Waals surface area contributed by atoms with E-state index >= 15 is 0 Å². The molecule has 1 aromatic carbocycles. The summed E-state index contributed by atoms with van der Waals surface area (Å²) in [5.74, 6) is 0.355. The van der Waals surface area contributed by atoms with Gasteiger partial charge in [0.05, 0.1) is 13.7 Å². The van der Waals surface area contributed by atoms with Crippen molar-refractivity contribution in [2.75, 3.05) is 19.0 Å². The van der Waals surface area contributed by atoms with E-state index in [0.717, 1.165) is 5.69 Å². The van der Waals surface area contributed by atoms with Crippen molar-refractivity contribution < 1.29 is 14.3 Å². The number of methoxy groups -OCH3 is 1. The molecule has 1 aromatic heterocycles. The SMILES string of the molecule is CCOC(=O)C(C)(Nc1cccc(OC)c1)c1nccs1. The lowest BCUT2D eigenvalue weighted by Gasteiger charge is -2.27. The molecule has 0 aliphatic rings. The second kappa shape index (κ2) is 6.58. The molecule has 0 aliphatic heterocycles. The highest BCUT2D eigenvalue weighted by Gasteiger charge is 2.39. The van der Waals surface area contributed by atoms with Crippen molar-refractivity contribution in [3.63, 3.8) is 0 Å². The Bertz CT molecular complexity index is 601. The summed E-state index contributed by atoms with van der Waals surface area (Å²) in [5, 5.41) is 5.70. The van der Waals surface area contributed by atoms with Crippen LogP contribution >= 0.6 is 11.3 Å². The van der Waals surface area contributed by atoms with Crippen LogP contribution in [0, 0.1) is 0 Å². The Morgan fingerprint density at radius 2 is 2.29 bits per heavy atom. The van der Waals surface area contributed by atoms with E-state index in [1.54, 1.807) is 27.2 Å². The molecule has 0 aliphatic carbocycles. The summed E-state index contributed by atoms with van der Waals surface area (Å²) in [6.07, 6.45) is 1.67. The third-order valence-corrected chi connectivity index (χ3v) is 4.00. The number of benzene rings is 1. The Morgan fingerprint density at radius 1 is 1.48 bits per heavy atom. The number of aromatic nitrogens is 1. The number of carbonyl (C=O) groups excluding carboxylic acids is 1. The number of nitrogens with zero attached hydrogens (tertiary/aromatic N) is 1. The minimum Gasteiger partial charge on any atom is -0.497 e. The molecule has 1 atom stereocenters. The van der Waals surface area contributed by atoms with Crippen molar-refractivity contribution in [3.05, 3.63) is 40.8 Å². The van der Waals surface area contributed by atoms with Crippen LogP contribution in [-0.2, 0) is 15.1 Å². The summed E-state index contributed by atoms with van der Waals surface area (Å²) in [6.45, 7) is 3.87. The molecule has 1 unspecified atom stereocenters. The molecule has 2 rings (SSSR count). The van der Waals surface area contributed by atoms with Crippen LogP contribution in [0.2, 0.25) is 0 Å². The number of carbonyl (C=O) groups is 1. The van der Waals surface area contributed by atoms with Crippen LogP contribution < -0.4 is 10.1 Å². The maximum atomic E-state index is 12.4. The highest BCUT2D eigenvalue weighted by molar-refractivity contribution is 7.09. The molecular weight excluding hydrogens is 288 g/mol. The zero-order valence-electron chi connectivity index (χ0n) is 12.3. The van der Waals surface area contributed by atoms with Crippen LogP contribution in [0.1, 0.15) is 18.9 Å². The molecule has 6 heteroatoms. The normalized spacial score (nSPS) is 13.3. The topological polar surface area (TPSA) is 60.5 Å². The fourth-order valence-electron chi connectivity index (χ4n) is 1.93. The lowest BCUT2D eigenvalue weighted by molar-refractivity contribution is -0.148. The van der Waals surface area contributed by atoms with Gasteiger partial charge in [-0.3, -0.25) is 0 Å². The predicted molar refractivity (Wildman–Crippen MR) is 82.7 cm³/mol. The van der Waals surface area contributed by atoms with Gasteiger partial charge >= 0.3 is 5.97 Å². The molecule has 0 saturated carbocycles.